The number of hydrogen-bond donors (Lipinski definition) is 0. The lowest BCUT2D eigenvalue weighted by Crippen LogP contribution is -2.36. The molecule has 0 bridgehead atoms. The molecule has 4 rings (SSSR count). The Kier molecular flexibility index (Phi) is 4.66. The molecule has 0 saturated carbocycles. The summed E-state index contributed by atoms with van der Waals surface area (Å²) in [6.45, 7) is -0.0617. The fourth-order valence-corrected chi connectivity index (χ4v) is 3.56. The standard InChI is InChI=1S/C19H17F5N4O/c1-11-8-25-17(16(26-11)15-12(21)3-2-4-13(15)22)18(9-20)7-14(27-29-18)28-6-5-19(23,24)10-28/h2-4,8H,5-7,9-10H2,1H3. The molecule has 5 nitrogen and oxygen atoms in total. The molecule has 0 spiro atoms. The fourth-order valence-electron chi connectivity index (χ4n) is 3.56. The Morgan fingerprint density at radius 1 is 1.21 bits per heavy atom. The first kappa shape index (κ1) is 19.5. The number of nitrogens with zero attached hydrogens (tertiary/aromatic N) is 4. The summed E-state index contributed by atoms with van der Waals surface area (Å²) in [6, 6.07) is 3.30. The molecule has 10 heteroatoms. The molecule has 2 aromatic rings. The van der Waals surface area contributed by atoms with Gasteiger partial charge in [0.2, 0.25) is 5.60 Å². The lowest BCUT2D eigenvalue weighted by molar-refractivity contribution is -0.0437. The maximum atomic E-state index is 14.4. The number of hydrogen-bond acceptors (Lipinski definition) is 5. The van der Waals surface area contributed by atoms with E-state index in [2.05, 4.69) is 15.1 Å². The Hall–Kier alpha value is -2.78. The predicted octanol–water partition coefficient (Wildman–Crippen LogP) is 3.97. The van der Waals surface area contributed by atoms with E-state index in [1.54, 1.807) is 6.92 Å². The third-order valence-electron chi connectivity index (χ3n) is 5.04. The fraction of sp³-hybridized carbons (Fsp3) is 0.421. The van der Waals surface area contributed by atoms with E-state index in [1.807, 2.05) is 0 Å². The topological polar surface area (TPSA) is 50.6 Å². The zero-order valence-electron chi connectivity index (χ0n) is 15.4. The van der Waals surface area contributed by atoms with Gasteiger partial charge in [-0.15, -0.1) is 0 Å². The molecule has 0 N–H and O–H groups in total. The predicted molar refractivity (Wildman–Crippen MR) is 94.0 cm³/mol. The Labute approximate surface area is 163 Å². The van der Waals surface area contributed by atoms with Gasteiger partial charge in [0.15, 0.2) is 0 Å². The second kappa shape index (κ2) is 6.93. The largest absolute Gasteiger partial charge is 0.378 e. The van der Waals surface area contributed by atoms with E-state index >= 15 is 0 Å². The maximum absolute atomic E-state index is 14.4. The van der Waals surface area contributed by atoms with Gasteiger partial charge in [0.25, 0.3) is 5.92 Å². The van der Waals surface area contributed by atoms with Gasteiger partial charge in [0.05, 0.1) is 24.2 Å². The SMILES string of the molecule is Cc1cnc(C2(CF)CC(N3CCC(F)(F)C3)=NO2)c(-c2c(F)cccc2F)n1. The summed E-state index contributed by atoms with van der Waals surface area (Å²) >= 11 is 0. The molecule has 2 aliphatic heterocycles. The number of rotatable bonds is 3. The van der Waals surface area contributed by atoms with Gasteiger partial charge < -0.3 is 9.74 Å². The molecule has 29 heavy (non-hydrogen) atoms. The second-order valence-electron chi connectivity index (χ2n) is 7.24. The van der Waals surface area contributed by atoms with Crippen LogP contribution in [0.1, 0.15) is 24.2 Å². The first-order valence-corrected chi connectivity index (χ1v) is 8.97. The molecule has 2 aliphatic rings. The first-order valence-electron chi connectivity index (χ1n) is 8.97. The van der Waals surface area contributed by atoms with Crippen LogP contribution in [0.5, 0.6) is 0 Å². The number of oxime groups is 1. The van der Waals surface area contributed by atoms with Crippen LogP contribution in [0.4, 0.5) is 22.0 Å². The van der Waals surface area contributed by atoms with Crippen LogP contribution in [0.15, 0.2) is 29.6 Å². The van der Waals surface area contributed by atoms with E-state index < -0.39 is 41.9 Å². The van der Waals surface area contributed by atoms with Crippen LogP contribution in [0, 0.1) is 18.6 Å². The molecular weight excluding hydrogens is 395 g/mol. The van der Waals surface area contributed by atoms with Gasteiger partial charge in [-0.3, -0.25) is 4.98 Å². The molecule has 154 valence electrons. The highest BCUT2D eigenvalue weighted by atomic mass is 19.3. The van der Waals surface area contributed by atoms with Gasteiger partial charge in [0, 0.05) is 19.2 Å². The van der Waals surface area contributed by atoms with Gasteiger partial charge in [-0.25, -0.2) is 26.9 Å². The van der Waals surface area contributed by atoms with Crippen LogP contribution in [0.2, 0.25) is 0 Å². The van der Waals surface area contributed by atoms with Crippen molar-refractivity contribution in [3.8, 4) is 11.3 Å². The van der Waals surface area contributed by atoms with Crippen molar-refractivity contribution < 1.29 is 26.8 Å². The Morgan fingerprint density at radius 3 is 2.55 bits per heavy atom. The van der Waals surface area contributed by atoms with E-state index in [1.165, 1.54) is 17.2 Å². The van der Waals surface area contributed by atoms with Crippen LogP contribution < -0.4 is 0 Å². The number of aryl methyl sites for hydroxylation is 1. The molecular formula is C19H17F5N4O. The van der Waals surface area contributed by atoms with E-state index in [0.29, 0.717) is 5.69 Å². The zero-order valence-corrected chi connectivity index (χ0v) is 15.4. The molecule has 1 aromatic heterocycles. The summed E-state index contributed by atoms with van der Waals surface area (Å²) < 4.78 is 70.1. The van der Waals surface area contributed by atoms with Crippen molar-refractivity contribution >= 4 is 5.84 Å². The van der Waals surface area contributed by atoms with Gasteiger partial charge in [-0.2, -0.15) is 0 Å². The second-order valence-corrected chi connectivity index (χ2v) is 7.24. The monoisotopic (exact) mass is 412 g/mol. The molecule has 1 unspecified atom stereocenters. The normalized spacial score (nSPS) is 23.2. The molecule has 1 fully saturated rings. The van der Waals surface area contributed by atoms with Crippen molar-refractivity contribution in [1.82, 2.24) is 14.9 Å². The van der Waals surface area contributed by atoms with Crippen LogP contribution >= 0.6 is 0 Å². The van der Waals surface area contributed by atoms with Crippen LogP contribution in [-0.2, 0) is 10.4 Å². The third-order valence-corrected chi connectivity index (χ3v) is 5.04. The van der Waals surface area contributed by atoms with Crippen LogP contribution in [-0.4, -0.2) is 46.4 Å². The molecule has 0 radical (unpaired) electrons. The summed E-state index contributed by atoms with van der Waals surface area (Å²) in [5.74, 6) is -4.51. The van der Waals surface area contributed by atoms with Gasteiger partial charge >= 0.3 is 0 Å². The molecule has 3 heterocycles. The number of halogens is 5. The average Bonchev–Trinajstić information content (AvgIpc) is 3.26. The smallest absolute Gasteiger partial charge is 0.266 e. The molecule has 0 aliphatic carbocycles. The summed E-state index contributed by atoms with van der Waals surface area (Å²) in [5.41, 5.74) is -2.26. The zero-order chi connectivity index (χ0) is 20.8. The van der Waals surface area contributed by atoms with Gasteiger partial charge in [-0.1, -0.05) is 11.2 Å². The third kappa shape index (κ3) is 3.40. The van der Waals surface area contributed by atoms with E-state index in [9.17, 15) is 22.0 Å². The number of likely N-dealkylation sites (tertiary alicyclic amines) is 1. The highest BCUT2D eigenvalue weighted by Crippen LogP contribution is 2.41. The van der Waals surface area contributed by atoms with E-state index in [-0.39, 0.29) is 36.6 Å². The van der Waals surface area contributed by atoms with Crippen molar-refractivity contribution in [3.05, 3.63) is 47.4 Å². The van der Waals surface area contributed by atoms with Crippen molar-refractivity contribution in [2.75, 3.05) is 19.8 Å². The highest BCUT2D eigenvalue weighted by molar-refractivity contribution is 5.85. The quantitative estimate of drug-likeness (QED) is 0.716. The summed E-state index contributed by atoms with van der Waals surface area (Å²) in [5, 5.41) is 3.80. The van der Waals surface area contributed by atoms with Crippen molar-refractivity contribution in [3.63, 3.8) is 0 Å². The first-order chi connectivity index (χ1) is 13.7. The van der Waals surface area contributed by atoms with Gasteiger partial charge in [-0.05, 0) is 19.1 Å². The summed E-state index contributed by atoms with van der Waals surface area (Å²) in [7, 11) is 0. The van der Waals surface area contributed by atoms with Crippen LogP contribution in [0.25, 0.3) is 11.3 Å². The lowest BCUT2D eigenvalue weighted by atomic mass is 9.91. The Balaban J connectivity index is 1.75. The minimum Gasteiger partial charge on any atom is -0.378 e. The summed E-state index contributed by atoms with van der Waals surface area (Å²) in [4.78, 5) is 15.0. The van der Waals surface area contributed by atoms with Gasteiger partial charge in [0.1, 0.15) is 35.5 Å². The Morgan fingerprint density at radius 2 is 1.93 bits per heavy atom. The van der Waals surface area contributed by atoms with E-state index in [4.69, 9.17) is 4.84 Å². The lowest BCUT2D eigenvalue weighted by Gasteiger charge is -2.25. The average molecular weight is 412 g/mol. The number of benzene rings is 1. The Bertz CT molecular complexity index is 963. The van der Waals surface area contributed by atoms with E-state index in [0.717, 1.165) is 12.1 Å². The number of amidine groups is 1. The minimum absolute atomic E-state index is 0.0476. The molecule has 1 aromatic carbocycles. The molecule has 1 atom stereocenters. The van der Waals surface area contributed by atoms with Crippen molar-refractivity contribution in [1.29, 1.82) is 0 Å². The summed E-state index contributed by atoms with van der Waals surface area (Å²) in [6.07, 6.45) is 0.769. The molecule has 0 amide bonds. The molecule has 1 saturated heterocycles. The number of alkyl halides is 3. The van der Waals surface area contributed by atoms with Crippen LogP contribution in [0.3, 0.4) is 0 Å². The highest BCUT2D eigenvalue weighted by Gasteiger charge is 2.49. The maximum Gasteiger partial charge on any atom is 0.266 e. The minimum atomic E-state index is -2.87. The van der Waals surface area contributed by atoms with Crippen molar-refractivity contribution in [2.24, 2.45) is 5.16 Å². The number of aromatic nitrogens is 2. The van der Waals surface area contributed by atoms with Crippen molar-refractivity contribution in [2.45, 2.75) is 31.3 Å².